The molecule has 0 spiro atoms. The van der Waals surface area contributed by atoms with Gasteiger partial charge in [0.15, 0.2) is 5.13 Å². The number of hydrogen-bond donors (Lipinski definition) is 2. The number of anilines is 1. The zero-order valence-electron chi connectivity index (χ0n) is 12.8. The molecule has 6 nitrogen and oxygen atoms in total. The third kappa shape index (κ3) is 4.15. The van der Waals surface area contributed by atoms with Crippen molar-refractivity contribution in [1.82, 2.24) is 14.6 Å². The second kappa shape index (κ2) is 7.04. The van der Waals surface area contributed by atoms with Crippen molar-refractivity contribution in [2.45, 2.75) is 46.1 Å². The molecule has 1 aliphatic heterocycles. The molecular formula is C13H24N4O2S2. The Morgan fingerprint density at radius 1 is 1.38 bits per heavy atom. The van der Waals surface area contributed by atoms with Crippen molar-refractivity contribution in [2.24, 2.45) is 0 Å². The van der Waals surface area contributed by atoms with Gasteiger partial charge in [-0.3, -0.25) is 0 Å². The zero-order chi connectivity index (χ0) is 15.5. The first-order valence-electron chi connectivity index (χ1n) is 7.38. The van der Waals surface area contributed by atoms with Gasteiger partial charge in [-0.15, -0.1) is 11.3 Å². The van der Waals surface area contributed by atoms with Crippen molar-refractivity contribution < 1.29 is 8.42 Å². The lowest BCUT2D eigenvalue weighted by Crippen LogP contribution is -2.50. The average Bonchev–Trinajstić information content (AvgIpc) is 2.74. The van der Waals surface area contributed by atoms with Gasteiger partial charge in [0.05, 0.1) is 5.69 Å². The molecule has 1 fully saturated rings. The first-order chi connectivity index (χ1) is 9.94. The number of aromatic nitrogens is 1. The Labute approximate surface area is 131 Å². The fourth-order valence-corrected chi connectivity index (χ4v) is 4.96. The van der Waals surface area contributed by atoms with E-state index in [0.717, 1.165) is 36.4 Å². The molecule has 2 rings (SSSR count). The molecule has 120 valence electrons. The Hall–Kier alpha value is -0.700. The Morgan fingerprint density at radius 2 is 2.14 bits per heavy atom. The van der Waals surface area contributed by atoms with Crippen LogP contribution in [-0.2, 0) is 10.2 Å². The van der Waals surface area contributed by atoms with Crippen molar-refractivity contribution in [3.05, 3.63) is 10.6 Å². The molecule has 1 atom stereocenters. The van der Waals surface area contributed by atoms with Crippen LogP contribution in [0.4, 0.5) is 5.13 Å². The molecule has 0 saturated carbocycles. The van der Waals surface area contributed by atoms with Crippen molar-refractivity contribution in [3.63, 3.8) is 0 Å². The molecular weight excluding hydrogens is 308 g/mol. The summed E-state index contributed by atoms with van der Waals surface area (Å²) in [7, 11) is -3.53. The summed E-state index contributed by atoms with van der Waals surface area (Å²) in [6, 6.07) is 0.0263. The van der Waals surface area contributed by atoms with E-state index in [1.54, 1.807) is 4.31 Å². The van der Waals surface area contributed by atoms with E-state index in [0.29, 0.717) is 18.2 Å². The van der Waals surface area contributed by atoms with Gasteiger partial charge in [-0.1, -0.05) is 13.3 Å². The first kappa shape index (κ1) is 16.7. The molecule has 21 heavy (non-hydrogen) atoms. The topological polar surface area (TPSA) is 74.3 Å². The van der Waals surface area contributed by atoms with Gasteiger partial charge in [0.25, 0.3) is 0 Å². The van der Waals surface area contributed by atoms with Crippen LogP contribution in [0.1, 0.15) is 36.8 Å². The number of rotatable bonds is 6. The molecule has 1 saturated heterocycles. The van der Waals surface area contributed by atoms with Crippen LogP contribution in [-0.4, -0.2) is 43.4 Å². The van der Waals surface area contributed by atoms with Gasteiger partial charge in [0, 0.05) is 24.0 Å². The SMILES string of the molecule is CCNCC1CCCCN1S(=O)(=O)Nc1nc(C)c(C)s1. The van der Waals surface area contributed by atoms with Crippen molar-refractivity contribution in [2.75, 3.05) is 24.4 Å². The fourth-order valence-electron chi connectivity index (χ4n) is 2.49. The van der Waals surface area contributed by atoms with E-state index in [2.05, 4.69) is 15.0 Å². The lowest BCUT2D eigenvalue weighted by atomic mass is 10.1. The lowest BCUT2D eigenvalue weighted by molar-refractivity contribution is 0.248. The molecule has 0 radical (unpaired) electrons. The van der Waals surface area contributed by atoms with E-state index in [-0.39, 0.29) is 6.04 Å². The summed E-state index contributed by atoms with van der Waals surface area (Å²) < 4.78 is 29.4. The van der Waals surface area contributed by atoms with Crippen LogP contribution >= 0.6 is 11.3 Å². The molecule has 0 aliphatic carbocycles. The van der Waals surface area contributed by atoms with Gasteiger partial charge in [-0.25, -0.2) is 9.71 Å². The predicted octanol–water partition coefficient (Wildman–Crippen LogP) is 1.88. The van der Waals surface area contributed by atoms with E-state index in [1.165, 1.54) is 11.3 Å². The monoisotopic (exact) mass is 332 g/mol. The maximum atomic E-state index is 12.6. The second-order valence-corrected chi connectivity index (χ2v) is 8.16. The predicted molar refractivity (Wildman–Crippen MR) is 87.0 cm³/mol. The van der Waals surface area contributed by atoms with E-state index >= 15 is 0 Å². The zero-order valence-corrected chi connectivity index (χ0v) is 14.5. The van der Waals surface area contributed by atoms with Crippen LogP contribution < -0.4 is 10.0 Å². The molecule has 0 amide bonds. The lowest BCUT2D eigenvalue weighted by Gasteiger charge is -2.34. The summed E-state index contributed by atoms with van der Waals surface area (Å²) in [4.78, 5) is 5.30. The molecule has 0 bridgehead atoms. The molecule has 0 aromatic carbocycles. The third-order valence-electron chi connectivity index (χ3n) is 3.76. The average molecular weight is 332 g/mol. The minimum atomic E-state index is -3.53. The van der Waals surface area contributed by atoms with Gasteiger partial charge in [0.1, 0.15) is 0 Å². The Bertz CT molecular complexity index is 551. The summed E-state index contributed by atoms with van der Waals surface area (Å²) >= 11 is 1.38. The number of likely N-dealkylation sites (N-methyl/N-ethyl adjacent to an activating group) is 1. The fraction of sp³-hybridized carbons (Fsp3) is 0.769. The van der Waals surface area contributed by atoms with Crippen LogP contribution in [0.3, 0.4) is 0 Å². The molecule has 2 N–H and O–H groups in total. The van der Waals surface area contributed by atoms with Crippen LogP contribution in [0, 0.1) is 13.8 Å². The summed E-state index contributed by atoms with van der Waals surface area (Å²) in [6.07, 6.45) is 2.90. The molecule has 1 aromatic heterocycles. The van der Waals surface area contributed by atoms with Crippen molar-refractivity contribution in [3.8, 4) is 0 Å². The summed E-state index contributed by atoms with van der Waals surface area (Å²) in [5, 5.41) is 3.71. The van der Waals surface area contributed by atoms with Gasteiger partial charge in [-0.2, -0.15) is 12.7 Å². The highest BCUT2D eigenvalue weighted by atomic mass is 32.2. The highest BCUT2D eigenvalue weighted by Crippen LogP contribution is 2.25. The third-order valence-corrected chi connectivity index (χ3v) is 6.42. The van der Waals surface area contributed by atoms with Crippen molar-refractivity contribution >= 4 is 26.7 Å². The minimum Gasteiger partial charge on any atom is -0.315 e. The van der Waals surface area contributed by atoms with Gasteiger partial charge < -0.3 is 5.32 Å². The normalized spacial score (nSPS) is 20.6. The number of aryl methyl sites for hydroxylation is 2. The highest BCUT2D eigenvalue weighted by molar-refractivity contribution is 7.90. The van der Waals surface area contributed by atoms with Gasteiger partial charge in [-0.05, 0) is 33.2 Å². The van der Waals surface area contributed by atoms with E-state index in [9.17, 15) is 8.42 Å². The number of thiazole rings is 1. The molecule has 1 unspecified atom stereocenters. The number of nitrogens with one attached hydrogen (secondary N) is 2. The van der Waals surface area contributed by atoms with Crippen LogP contribution in [0.25, 0.3) is 0 Å². The summed E-state index contributed by atoms with van der Waals surface area (Å²) in [5.41, 5.74) is 0.876. The summed E-state index contributed by atoms with van der Waals surface area (Å²) in [6.45, 7) is 7.99. The van der Waals surface area contributed by atoms with Crippen LogP contribution in [0.5, 0.6) is 0 Å². The number of piperidine rings is 1. The standard InChI is InChI=1S/C13H24N4O2S2/c1-4-14-9-12-7-5-6-8-17(12)21(18,19)16-13-15-10(2)11(3)20-13/h12,14H,4-9H2,1-3H3,(H,15,16). The first-order valence-corrected chi connectivity index (χ1v) is 9.64. The Balaban J connectivity index is 2.12. The number of nitrogens with zero attached hydrogens (tertiary/aromatic N) is 2. The van der Waals surface area contributed by atoms with Crippen LogP contribution in [0.2, 0.25) is 0 Å². The quantitative estimate of drug-likeness (QED) is 0.834. The molecule has 1 aromatic rings. The smallest absolute Gasteiger partial charge is 0.303 e. The molecule has 1 aliphatic rings. The minimum absolute atomic E-state index is 0.0263. The van der Waals surface area contributed by atoms with E-state index < -0.39 is 10.2 Å². The number of hydrogen-bond acceptors (Lipinski definition) is 5. The molecule has 8 heteroatoms. The maximum absolute atomic E-state index is 12.6. The maximum Gasteiger partial charge on any atom is 0.303 e. The second-order valence-electron chi connectivity index (χ2n) is 5.34. The highest BCUT2D eigenvalue weighted by Gasteiger charge is 2.32. The van der Waals surface area contributed by atoms with Crippen LogP contribution in [0.15, 0.2) is 0 Å². The Kier molecular flexibility index (Phi) is 5.59. The Morgan fingerprint density at radius 3 is 2.76 bits per heavy atom. The van der Waals surface area contributed by atoms with Gasteiger partial charge in [0.2, 0.25) is 0 Å². The molecule has 2 heterocycles. The van der Waals surface area contributed by atoms with E-state index in [1.807, 2.05) is 20.8 Å². The van der Waals surface area contributed by atoms with Crippen molar-refractivity contribution in [1.29, 1.82) is 0 Å². The van der Waals surface area contributed by atoms with E-state index in [4.69, 9.17) is 0 Å². The van der Waals surface area contributed by atoms with Gasteiger partial charge >= 0.3 is 10.2 Å². The largest absolute Gasteiger partial charge is 0.315 e. The summed E-state index contributed by atoms with van der Waals surface area (Å²) in [5.74, 6) is 0.